The van der Waals surface area contributed by atoms with Crippen LogP contribution in [0.4, 0.5) is 0 Å². The summed E-state index contributed by atoms with van der Waals surface area (Å²) in [6.45, 7) is 3.41. The van der Waals surface area contributed by atoms with Crippen LogP contribution in [0.3, 0.4) is 0 Å². The first kappa shape index (κ1) is 11.4. The number of ether oxygens (including phenoxy) is 2. The molecule has 0 radical (unpaired) electrons. The summed E-state index contributed by atoms with van der Waals surface area (Å²) in [7, 11) is 0. The minimum atomic E-state index is 0.121. The summed E-state index contributed by atoms with van der Waals surface area (Å²) in [4.78, 5) is 0.373. The lowest BCUT2D eigenvalue weighted by Gasteiger charge is -2.15. The maximum Gasteiger partial charge on any atom is 0.130 e. The van der Waals surface area contributed by atoms with E-state index in [2.05, 4.69) is 0 Å². The second-order valence-corrected chi connectivity index (χ2v) is 4.41. The van der Waals surface area contributed by atoms with Gasteiger partial charge in [-0.3, -0.25) is 0 Å². The summed E-state index contributed by atoms with van der Waals surface area (Å²) in [6, 6.07) is 5.86. The van der Waals surface area contributed by atoms with E-state index in [9.17, 15) is 0 Å². The second-order valence-electron chi connectivity index (χ2n) is 3.97. The standard InChI is InChI=1S/C12H15NO2S/c1-8-2-3-11(10(6-8)12(13)16)15-9-4-5-14-7-9/h2-3,6,9H,4-5,7H2,1H3,(H2,13,16). The van der Waals surface area contributed by atoms with Gasteiger partial charge in [0.1, 0.15) is 16.8 Å². The van der Waals surface area contributed by atoms with Crippen LogP contribution in [0.5, 0.6) is 5.75 Å². The Bertz CT molecular complexity index is 400. The Morgan fingerprint density at radius 1 is 1.56 bits per heavy atom. The van der Waals surface area contributed by atoms with Gasteiger partial charge in [0.15, 0.2) is 0 Å². The predicted molar refractivity (Wildman–Crippen MR) is 66.9 cm³/mol. The number of nitrogens with two attached hydrogens (primary N) is 1. The first-order valence-corrected chi connectivity index (χ1v) is 5.72. The molecule has 1 heterocycles. The number of benzene rings is 1. The highest BCUT2D eigenvalue weighted by Gasteiger charge is 2.19. The molecule has 1 atom stereocenters. The van der Waals surface area contributed by atoms with E-state index in [1.165, 1.54) is 0 Å². The van der Waals surface area contributed by atoms with Crippen LogP contribution in [0.1, 0.15) is 17.5 Å². The lowest BCUT2D eigenvalue weighted by Crippen LogP contribution is -2.19. The maximum absolute atomic E-state index is 5.83. The second kappa shape index (κ2) is 4.80. The Morgan fingerprint density at radius 3 is 3.00 bits per heavy atom. The average Bonchev–Trinajstić information content (AvgIpc) is 2.73. The van der Waals surface area contributed by atoms with Gasteiger partial charge in [0, 0.05) is 6.42 Å². The molecule has 1 aliphatic rings. The van der Waals surface area contributed by atoms with Gasteiger partial charge in [0.25, 0.3) is 0 Å². The largest absolute Gasteiger partial charge is 0.487 e. The summed E-state index contributed by atoms with van der Waals surface area (Å²) in [5, 5.41) is 0. The molecule has 1 aliphatic heterocycles. The summed E-state index contributed by atoms with van der Waals surface area (Å²) in [6.07, 6.45) is 1.04. The molecule has 1 aromatic rings. The minimum absolute atomic E-state index is 0.121. The van der Waals surface area contributed by atoms with Crippen molar-refractivity contribution >= 4 is 17.2 Å². The van der Waals surface area contributed by atoms with E-state index in [-0.39, 0.29) is 6.10 Å². The van der Waals surface area contributed by atoms with Crippen molar-refractivity contribution in [3.63, 3.8) is 0 Å². The van der Waals surface area contributed by atoms with Gasteiger partial charge in [-0.1, -0.05) is 23.8 Å². The first-order valence-electron chi connectivity index (χ1n) is 5.31. The van der Waals surface area contributed by atoms with Crippen LogP contribution in [0.25, 0.3) is 0 Å². The van der Waals surface area contributed by atoms with Crippen molar-refractivity contribution in [1.82, 2.24) is 0 Å². The van der Waals surface area contributed by atoms with Crippen molar-refractivity contribution in [3.05, 3.63) is 29.3 Å². The van der Waals surface area contributed by atoms with E-state index in [0.29, 0.717) is 11.6 Å². The summed E-state index contributed by atoms with van der Waals surface area (Å²) in [5.41, 5.74) is 7.61. The first-order chi connectivity index (χ1) is 7.66. The third kappa shape index (κ3) is 2.51. The van der Waals surface area contributed by atoms with Crippen LogP contribution >= 0.6 is 12.2 Å². The highest BCUT2D eigenvalue weighted by atomic mass is 32.1. The van der Waals surface area contributed by atoms with Crippen LogP contribution in [0.15, 0.2) is 18.2 Å². The van der Waals surface area contributed by atoms with Crippen molar-refractivity contribution in [2.24, 2.45) is 5.73 Å². The monoisotopic (exact) mass is 237 g/mol. The molecular weight excluding hydrogens is 222 g/mol. The normalized spacial score (nSPS) is 19.7. The molecule has 0 amide bonds. The van der Waals surface area contributed by atoms with Gasteiger partial charge in [-0.25, -0.2) is 0 Å². The quantitative estimate of drug-likeness (QED) is 0.814. The lowest BCUT2D eigenvalue weighted by molar-refractivity contribution is 0.141. The molecule has 1 saturated heterocycles. The van der Waals surface area contributed by atoms with Crippen molar-refractivity contribution < 1.29 is 9.47 Å². The molecule has 2 rings (SSSR count). The minimum Gasteiger partial charge on any atom is -0.487 e. The lowest BCUT2D eigenvalue weighted by atomic mass is 10.1. The molecule has 0 spiro atoms. The Hall–Kier alpha value is -1.13. The molecule has 16 heavy (non-hydrogen) atoms. The van der Waals surface area contributed by atoms with Gasteiger partial charge in [0.2, 0.25) is 0 Å². The van der Waals surface area contributed by atoms with Crippen molar-refractivity contribution in [1.29, 1.82) is 0 Å². The van der Waals surface area contributed by atoms with Crippen molar-refractivity contribution in [2.45, 2.75) is 19.4 Å². The number of hydrogen-bond acceptors (Lipinski definition) is 3. The van der Waals surface area contributed by atoms with E-state index in [1.807, 2.05) is 25.1 Å². The fraction of sp³-hybridized carbons (Fsp3) is 0.417. The van der Waals surface area contributed by atoms with E-state index < -0.39 is 0 Å². The smallest absolute Gasteiger partial charge is 0.130 e. The highest BCUT2D eigenvalue weighted by molar-refractivity contribution is 7.80. The Kier molecular flexibility index (Phi) is 3.41. The summed E-state index contributed by atoms with van der Waals surface area (Å²) >= 11 is 5.02. The van der Waals surface area contributed by atoms with Crippen LogP contribution in [0.2, 0.25) is 0 Å². The molecule has 1 unspecified atom stereocenters. The Balaban J connectivity index is 2.21. The zero-order chi connectivity index (χ0) is 11.5. The summed E-state index contributed by atoms with van der Waals surface area (Å²) in [5.74, 6) is 0.758. The van der Waals surface area contributed by atoms with E-state index in [0.717, 1.165) is 29.9 Å². The molecule has 0 aliphatic carbocycles. The Labute approximate surface area is 101 Å². The fourth-order valence-corrected chi connectivity index (χ4v) is 1.88. The molecule has 1 aromatic carbocycles. The molecule has 86 valence electrons. The van der Waals surface area contributed by atoms with Gasteiger partial charge in [-0.2, -0.15) is 0 Å². The number of thiocarbonyl (C=S) groups is 1. The van der Waals surface area contributed by atoms with E-state index in [1.54, 1.807) is 0 Å². The fourth-order valence-electron chi connectivity index (χ4n) is 1.72. The molecule has 4 heteroatoms. The van der Waals surface area contributed by atoms with Crippen molar-refractivity contribution in [2.75, 3.05) is 13.2 Å². The average molecular weight is 237 g/mol. The van der Waals surface area contributed by atoms with Crippen molar-refractivity contribution in [3.8, 4) is 5.75 Å². The van der Waals surface area contributed by atoms with Crippen LogP contribution < -0.4 is 10.5 Å². The van der Waals surface area contributed by atoms with Crippen LogP contribution in [-0.2, 0) is 4.74 Å². The third-order valence-electron chi connectivity index (χ3n) is 2.58. The SMILES string of the molecule is Cc1ccc(OC2CCOC2)c(C(N)=S)c1. The zero-order valence-corrected chi connectivity index (χ0v) is 10.0. The predicted octanol–water partition coefficient (Wildman–Crippen LogP) is 1.80. The van der Waals surface area contributed by atoms with Crippen LogP contribution in [0, 0.1) is 6.92 Å². The number of hydrogen-bond donors (Lipinski definition) is 1. The van der Waals surface area contributed by atoms with Gasteiger partial charge in [-0.05, 0) is 19.1 Å². The zero-order valence-electron chi connectivity index (χ0n) is 9.23. The van der Waals surface area contributed by atoms with E-state index in [4.69, 9.17) is 27.4 Å². The molecule has 0 bridgehead atoms. The maximum atomic E-state index is 5.83. The number of rotatable bonds is 3. The molecular formula is C12H15NO2S. The topological polar surface area (TPSA) is 44.5 Å². The number of aryl methyl sites for hydroxylation is 1. The third-order valence-corrected chi connectivity index (χ3v) is 2.80. The Morgan fingerprint density at radius 2 is 2.38 bits per heavy atom. The van der Waals surface area contributed by atoms with E-state index >= 15 is 0 Å². The van der Waals surface area contributed by atoms with Gasteiger partial charge < -0.3 is 15.2 Å². The van der Waals surface area contributed by atoms with Gasteiger partial charge in [0.05, 0.1) is 18.8 Å². The van der Waals surface area contributed by atoms with Crippen LogP contribution in [-0.4, -0.2) is 24.3 Å². The van der Waals surface area contributed by atoms with Gasteiger partial charge >= 0.3 is 0 Å². The molecule has 1 fully saturated rings. The molecule has 3 nitrogen and oxygen atoms in total. The molecule has 0 aromatic heterocycles. The molecule has 2 N–H and O–H groups in total. The molecule has 0 saturated carbocycles. The highest BCUT2D eigenvalue weighted by Crippen LogP contribution is 2.23. The summed E-state index contributed by atoms with van der Waals surface area (Å²) < 4.78 is 11.1. The van der Waals surface area contributed by atoms with Gasteiger partial charge in [-0.15, -0.1) is 0 Å².